The molecule has 1 saturated heterocycles. The lowest BCUT2D eigenvalue weighted by Gasteiger charge is -2.26. The lowest BCUT2D eigenvalue weighted by molar-refractivity contribution is -0.117. The number of rotatable bonds is 4. The number of amides is 1. The zero-order valence-electron chi connectivity index (χ0n) is 12.4. The molecule has 21 heavy (non-hydrogen) atoms. The number of hydrogen-bond acceptors (Lipinski definition) is 4. The third kappa shape index (κ3) is 2.99. The summed E-state index contributed by atoms with van der Waals surface area (Å²) in [5.74, 6) is 0.258. The van der Waals surface area contributed by atoms with Crippen LogP contribution in [0.1, 0.15) is 22.3 Å². The van der Waals surface area contributed by atoms with Gasteiger partial charge in [-0.25, -0.2) is 0 Å². The molecule has 1 aromatic rings. The van der Waals surface area contributed by atoms with E-state index in [9.17, 15) is 9.59 Å². The molecule has 3 rings (SSSR count). The Balaban J connectivity index is 1.63. The maximum absolute atomic E-state index is 12.3. The molecule has 0 aliphatic carbocycles. The first kappa shape index (κ1) is 14.2. The summed E-state index contributed by atoms with van der Waals surface area (Å²) in [5, 5.41) is 3.31. The molecule has 1 N–H and O–H groups in total. The van der Waals surface area contributed by atoms with E-state index in [-0.39, 0.29) is 11.7 Å². The van der Waals surface area contributed by atoms with Gasteiger partial charge < -0.3 is 15.1 Å². The highest BCUT2D eigenvalue weighted by atomic mass is 16.2. The van der Waals surface area contributed by atoms with Crippen molar-refractivity contribution in [2.24, 2.45) is 0 Å². The number of likely N-dealkylation sites (N-methyl/N-ethyl adjacent to an activating group) is 1. The Morgan fingerprint density at radius 1 is 1.29 bits per heavy atom. The molecule has 0 spiro atoms. The van der Waals surface area contributed by atoms with Gasteiger partial charge in [-0.15, -0.1) is 0 Å². The molecule has 1 amide bonds. The van der Waals surface area contributed by atoms with Crippen LogP contribution >= 0.6 is 0 Å². The van der Waals surface area contributed by atoms with E-state index in [1.807, 2.05) is 18.2 Å². The largest absolute Gasteiger partial charge is 0.315 e. The topological polar surface area (TPSA) is 52.7 Å². The summed E-state index contributed by atoms with van der Waals surface area (Å²) in [7, 11) is 1.78. The fourth-order valence-corrected chi connectivity index (χ4v) is 2.98. The molecule has 2 aliphatic heterocycles. The van der Waals surface area contributed by atoms with Crippen molar-refractivity contribution in [2.45, 2.75) is 12.8 Å². The van der Waals surface area contributed by atoms with Gasteiger partial charge >= 0.3 is 0 Å². The van der Waals surface area contributed by atoms with E-state index in [0.29, 0.717) is 12.8 Å². The highest BCUT2D eigenvalue weighted by Gasteiger charge is 2.24. The van der Waals surface area contributed by atoms with Gasteiger partial charge in [-0.2, -0.15) is 0 Å². The summed E-state index contributed by atoms with van der Waals surface area (Å²) in [6, 6.07) is 5.61. The molecule has 0 radical (unpaired) electrons. The number of nitrogens with one attached hydrogen (secondary N) is 1. The maximum atomic E-state index is 12.3. The van der Waals surface area contributed by atoms with Crippen LogP contribution in [0.2, 0.25) is 0 Å². The van der Waals surface area contributed by atoms with Crippen LogP contribution in [0.15, 0.2) is 18.2 Å². The SMILES string of the molecule is CN1C(=O)Cc2cc(C(=O)CCN3CCNCC3)ccc21. The van der Waals surface area contributed by atoms with E-state index >= 15 is 0 Å². The monoisotopic (exact) mass is 287 g/mol. The number of hydrogen-bond donors (Lipinski definition) is 1. The molecular weight excluding hydrogens is 266 g/mol. The predicted molar refractivity (Wildman–Crippen MR) is 81.8 cm³/mol. The molecule has 2 heterocycles. The fraction of sp³-hybridized carbons (Fsp3) is 0.500. The highest BCUT2D eigenvalue weighted by molar-refractivity contribution is 6.03. The first-order chi connectivity index (χ1) is 10.1. The second-order valence-corrected chi connectivity index (χ2v) is 5.74. The van der Waals surface area contributed by atoms with E-state index in [4.69, 9.17) is 0 Å². The van der Waals surface area contributed by atoms with Gasteiger partial charge in [0.1, 0.15) is 0 Å². The third-order valence-electron chi connectivity index (χ3n) is 4.34. The molecule has 0 bridgehead atoms. The lowest BCUT2D eigenvalue weighted by atomic mass is 10.0. The first-order valence-corrected chi connectivity index (χ1v) is 7.51. The van der Waals surface area contributed by atoms with Crippen molar-refractivity contribution in [3.63, 3.8) is 0 Å². The molecule has 0 unspecified atom stereocenters. The van der Waals surface area contributed by atoms with Gasteiger partial charge in [-0.05, 0) is 23.8 Å². The molecule has 0 aromatic heterocycles. The Morgan fingerprint density at radius 2 is 2.05 bits per heavy atom. The summed E-state index contributed by atoms with van der Waals surface area (Å²) >= 11 is 0. The zero-order chi connectivity index (χ0) is 14.8. The van der Waals surface area contributed by atoms with Crippen LogP contribution in [-0.2, 0) is 11.2 Å². The standard InChI is InChI=1S/C16H21N3O2/c1-18-14-3-2-12(10-13(14)11-16(18)21)15(20)4-7-19-8-5-17-6-9-19/h2-3,10,17H,4-9,11H2,1H3. The van der Waals surface area contributed by atoms with Crippen molar-refractivity contribution in [1.29, 1.82) is 0 Å². The minimum Gasteiger partial charge on any atom is -0.315 e. The van der Waals surface area contributed by atoms with Crippen LogP contribution < -0.4 is 10.2 Å². The first-order valence-electron chi connectivity index (χ1n) is 7.51. The van der Waals surface area contributed by atoms with Crippen molar-refractivity contribution >= 4 is 17.4 Å². The quantitative estimate of drug-likeness (QED) is 0.828. The number of anilines is 1. The molecule has 112 valence electrons. The van der Waals surface area contributed by atoms with Crippen molar-refractivity contribution < 1.29 is 9.59 Å². The van der Waals surface area contributed by atoms with Crippen molar-refractivity contribution in [3.8, 4) is 0 Å². The van der Waals surface area contributed by atoms with Crippen molar-refractivity contribution in [3.05, 3.63) is 29.3 Å². The summed E-state index contributed by atoms with van der Waals surface area (Å²) in [5.41, 5.74) is 2.63. The van der Waals surface area contributed by atoms with Crippen LogP contribution in [-0.4, -0.2) is 56.4 Å². The Kier molecular flexibility index (Phi) is 4.03. The fourth-order valence-electron chi connectivity index (χ4n) is 2.98. The van der Waals surface area contributed by atoms with E-state index in [1.54, 1.807) is 11.9 Å². The number of Topliss-reactive ketones (excluding diaryl/α,β-unsaturated/α-hetero) is 1. The summed E-state index contributed by atoms with van der Waals surface area (Å²) in [6.45, 7) is 4.84. The van der Waals surface area contributed by atoms with Gasteiger partial charge in [0.2, 0.25) is 5.91 Å². The Bertz CT molecular complexity index is 565. The molecule has 1 aromatic carbocycles. The second kappa shape index (κ2) is 5.95. The number of piperazine rings is 1. The van der Waals surface area contributed by atoms with Crippen LogP contribution in [0.3, 0.4) is 0 Å². The third-order valence-corrected chi connectivity index (χ3v) is 4.34. The molecule has 0 atom stereocenters. The van der Waals surface area contributed by atoms with Crippen molar-refractivity contribution in [2.75, 3.05) is 44.7 Å². The number of carbonyl (C=O) groups excluding carboxylic acids is 2. The van der Waals surface area contributed by atoms with Crippen LogP contribution in [0.5, 0.6) is 0 Å². The van der Waals surface area contributed by atoms with E-state index < -0.39 is 0 Å². The van der Waals surface area contributed by atoms with Crippen LogP contribution in [0.25, 0.3) is 0 Å². The summed E-state index contributed by atoms with van der Waals surface area (Å²) in [4.78, 5) is 28.0. The summed E-state index contributed by atoms with van der Waals surface area (Å²) in [6.07, 6.45) is 0.952. The van der Waals surface area contributed by atoms with Gasteiger partial charge in [-0.3, -0.25) is 9.59 Å². The average Bonchev–Trinajstić information content (AvgIpc) is 2.80. The van der Waals surface area contributed by atoms with Gasteiger partial charge in [-0.1, -0.05) is 0 Å². The molecule has 2 aliphatic rings. The normalized spacial score (nSPS) is 18.9. The van der Waals surface area contributed by atoms with E-state index in [0.717, 1.165) is 49.5 Å². The van der Waals surface area contributed by atoms with Crippen LogP contribution in [0, 0.1) is 0 Å². The number of benzene rings is 1. The van der Waals surface area contributed by atoms with Gasteiger partial charge in [0.15, 0.2) is 5.78 Å². The number of ketones is 1. The lowest BCUT2D eigenvalue weighted by Crippen LogP contribution is -2.44. The van der Waals surface area contributed by atoms with Gasteiger partial charge in [0, 0.05) is 57.4 Å². The van der Waals surface area contributed by atoms with Gasteiger partial charge in [0.05, 0.1) is 6.42 Å². The van der Waals surface area contributed by atoms with Gasteiger partial charge in [0.25, 0.3) is 0 Å². The minimum atomic E-state index is 0.0930. The smallest absolute Gasteiger partial charge is 0.231 e. The summed E-state index contributed by atoms with van der Waals surface area (Å²) < 4.78 is 0. The molecule has 5 nitrogen and oxygen atoms in total. The highest BCUT2D eigenvalue weighted by Crippen LogP contribution is 2.28. The number of carbonyl (C=O) groups is 2. The van der Waals surface area contributed by atoms with E-state index in [1.165, 1.54) is 0 Å². The number of fused-ring (bicyclic) bond motifs is 1. The average molecular weight is 287 g/mol. The maximum Gasteiger partial charge on any atom is 0.231 e. The van der Waals surface area contributed by atoms with E-state index in [2.05, 4.69) is 10.2 Å². The predicted octanol–water partition coefficient (Wildman–Crippen LogP) is 0.683. The minimum absolute atomic E-state index is 0.0930. The Labute approximate surface area is 124 Å². The number of nitrogens with zero attached hydrogens (tertiary/aromatic N) is 2. The zero-order valence-corrected chi connectivity index (χ0v) is 12.4. The molecule has 5 heteroatoms. The Morgan fingerprint density at radius 3 is 2.81 bits per heavy atom. The molecule has 0 saturated carbocycles. The molecule has 1 fully saturated rings. The van der Waals surface area contributed by atoms with Crippen molar-refractivity contribution in [1.82, 2.24) is 10.2 Å². The second-order valence-electron chi connectivity index (χ2n) is 5.74. The Hall–Kier alpha value is -1.72. The molecular formula is C16H21N3O2. The van der Waals surface area contributed by atoms with Crippen LogP contribution in [0.4, 0.5) is 5.69 Å².